The van der Waals surface area contributed by atoms with Crippen LogP contribution >= 0.6 is 23.5 Å². The first kappa shape index (κ1) is 16.2. The normalized spacial score (nSPS) is 22.5. The topological polar surface area (TPSA) is 24.4 Å². The first-order chi connectivity index (χ1) is 8.43. The average Bonchev–Trinajstić information content (AvgIpc) is 2.28. The van der Waals surface area contributed by atoms with E-state index in [4.69, 9.17) is 4.99 Å². The Morgan fingerprint density at radius 2 is 2.22 bits per heavy atom. The molecule has 0 spiro atoms. The van der Waals surface area contributed by atoms with Gasteiger partial charge in [-0.25, -0.2) is 0 Å². The van der Waals surface area contributed by atoms with Crippen molar-refractivity contribution in [3.8, 4) is 0 Å². The van der Waals surface area contributed by atoms with E-state index in [0.29, 0.717) is 12.1 Å². The lowest BCUT2D eigenvalue weighted by atomic mass is 9.85. The predicted octanol–water partition coefficient (Wildman–Crippen LogP) is 4.02. The summed E-state index contributed by atoms with van der Waals surface area (Å²) in [5.41, 5.74) is 0.287. The number of hydrogen-bond acceptors (Lipinski definition) is 4. The summed E-state index contributed by atoms with van der Waals surface area (Å²) in [6, 6.07) is 1.01. The Morgan fingerprint density at radius 3 is 2.83 bits per heavy atom. The van der Waals surface area contributed by atoms with Gasteiger partial charge in [-0.2, -0.15) is 11.8 Å². The molecule has 106 valence electrons. The molecule has 1 rings (SSSR count). The molecule has 1 aliphatic heterocycles. The summed E-state index contributed by atoms with van der Waals surface area (Å²) in [6.45, 7) is 11.3. The third kappa shape index (κ3) is 5.87. The number of hydrogen-bond donors (Lipinski definition) is 1. The van der Waals surface area contributed by atoms with Crippen molar-refractivity contribution in [3.05, 3.63) is 0 Å². The molecule has 0 bridgehead atoms. The smallest absolute Gasteiger partial charge is 0.157 e. The summed E-state index contributed by atoms with van der Waals surface area (Å²) in [5, 5.41) is 4.74. The number of nitrogens with one attached hydrogen (secondary N) is 1. The minimum atomic E-state index is 0.287. The highest BCUT2D eigenvalue weighted by Gasteiger charge is 2.27. The van der Waals surface area contributed by atoms with Gasteiger partial charge in [0.2, 0.25) is 0 Å². The molecule has 0 aromatic carbocycles. The van der Waals surface area contributed by atoms with Crippen molar-refractivity contribution in [2.75, 3.05) is 17.3 Å². The molecule has 2 nitrogen and oxygen atoms in total. The monoisotopic (exact) mass is 288 g/mol. The van der Waals surface area contributed by atoms with E-state index in [1.807, 2.05) is 23.5 Å². The van der Waals surface area contributed by atoms with Crippen LogP contribution in [0.3, 0.4) is 0 Å². The van der Waals surface area contributed by atoms with Crippen molar-refractivity contribution in [2.24, 2.45) is 10.4 Å². The van der Waals surface area contributed by atoms with Gasteiger partial charge in [0.25, 0.3) is 0 Å². The average molecular weight is 289 g/mol. The van der Waals surface area contributed by atoms with Gasteiger partial charge < -0.3 is 5.32 Å². The van der Waals surface area contributed by atoms with Gasteiger partial charge in [-0.3, -0.25) is 4.99 Å². The molecule has 4 heteroatoms. The van der Waals surface area contributed by atoms with Crippen LogP contribution in [-0.2, 0) is 0 Å². The van der Waals surface area contributed by atoms with Crippen molar-refractivity contribution in [1.29, 1.82) is 0 Å². The van der Waals surface area contributed by atoms with Crippen LogP contribution in [0.25, 0.3) is 0 Å². The van der Waals surface area contributed by atoms with E-state index in [2.05, 4.69) is 39.9 Å². The minimum Gasteiger partial charge on any atom is -0.362 e. The molecule has 0 amide bonds. The second-order valence-electron chi connectivity index (χ2n) is 5.98. The van der Waals surface area contributed by atoms with E-state index in [1.165, 1.54) is 30.1 Å². The number of aliphatic imine (C=N–C) groups is 1. The zero-order valence-electron chi connectivity index (χ0n) is 12.5. The van der Waals surface area contributed by atoms with Crippen LogP contribution in [0.4, 0.5) is 0 Å². The largest absolute Gasteiger partial charge is 0.362 e. The molecule has 0 saturated heterocycles. The second kappa shape index (κ2) is 7.68. The summed E-state index contributed by atoms with van der Waals surface area (Å²) in [6.07, 6.45) is 2.43. The van der Waals surface area contributed by atoms with Crippen LogP contribution in [0.5, 0.6) is 0 Å². The minimum absolute atomic E-state index is 0.287. The molecule has 0 saturated carbocycles. The molecule has 2 unspecified atom stereocenters. The van der Waals surface area contributed by atoms with E-state index in [0.717, 1.165) is 5.17 Å². The zero-order chi connectivity index (χ0) is 13.6. The molecule has 1 N–H and O–H groups in total. The molecule has 0 radical (unpaired) electrons. The molecule has 0 aromatic rings. The SMILES string of the molecule is CCSCCC(C)NC1=NC(C(C)(C)C)CCS1. The fourth-order valence-corrected chi connectivity index (χ4v) is 3.73. The first-order valence-electron chi connectivity index (χ1n) is 6.98. The van der Waals surface area contributed by atoms with Crippen molar-refractivity contribution >= 4 is 28.7 Å². The lowest BCUT2D eigenvalue weighted by Crippen LogP contribution is -2.37. The van der Waals surface area contributed by atoms with Crippen molar-refractivity contribution < 1.29 is 0 Å². The second-order valence-corrected chi connectivity index (χ2v) is 8.46. The molecule has 2 atom stereocenters. The molecular weight excluding hydrogens is 260 g/mol. The molecule has 1 aliphatic rings. The van der Waals surface area contributed by atoms with E-state index in [-0.39, 0.29) is 5.41 Å². The summed E-state index contributed by atoms with van der Waals surface area (Å²) in [4.78, 5) is 4.88. The molecule has 18 heavy (non-hydrogen) atoms. The maximum Gasteiger partial charge on any atom is 0.157 e. The van der Waals surface area contributed by atoms with Gasteiger partial charge in [-0.05, 0) is 36.7 Å². The highest BCUT2D eigenvalue weighted by atomic mass is 32.2. The van der Waals surface area contributed by atoms with Crippen LogP contribution in [-0.4, -0.2) is 34.5 Å². The predicted molar refractivity (Wildman–Crippen MR) is 88.0 cm³/mol. The van der Waals surface area contributed by atoms with E-state index in [1.54, 1.807) is 0 Å². The summed E-state index contributed by atoms with van der Waals surface area (Å²) < 4.78 is 0. The quantitative estimate of drug-likeness (QED) is 0.773. The highest BCUT2D eigenvalue weighted by Crippen LogP contribution is 2.30. The molecule has 1 heterocycles. The number of amidine groups is 1. The van der Waals surface area contributed by atoms with Gasteiger partial charge >= 0.3 is 0 Å². The van der Waals surface area contributed by atoms with Gasteiger partial charge in [-0.15, -0.1) is 0 Å². The van der Waals surface area contributed by atoms with Gasteiger partial charge in [0, 0.05) is 11.8 Å². The number of nitrogens with zero attached hydrogens (tertiary/aromatic N) is 1. The Hall–Kier alpha value is 0.170. The van der Waals surface area contributed by atoms with Crippen LogP contribution in [0.1, 0.15) is 47.5 Å². The van der Waals surface area contributed by atoms with Crippen molar-refractivity contribution in [2.45, 2.75) is 59.5 Å². The van der Waals surface area contributed by atoms with Gasteiger partial charge in [0.1, 0.15) is 0 Å². The van der Waals surface area contributed by atoms with E-state index < -0.39 is 0 Å². The Labute approximate surface area is 121 Å². The molecular formula is C14H28N2S2. The first-order valence-corrected chi connectivity index (χ1v) is 9.12. The summed E-state index contributed by atoms with van der Waals surface area (Å²) >= 11 is 3.90. The third-order valence-electron chi connectivity index (χ3n) is 3.17. The van der Waals surface area contributed by atoms with E-state index in [9.17, 15) is 0 Å². The highest BCUT2D eigenvalue weighted by molar-refractivity contribution is 8.13. The van der Waals surface area contributed by atoms with E-state index >= 15 is 0 Å². The van der Waals surface area contributed by atoms with Crippen LogP contribution in [0.15, 0.2) is 4.99 Å². The number of rotatable bonds is 5. The van der Waals surface area contributed by atoms with Crippen LogP contribution < -0.4 is 5.32 Å². The Kier molecular flexibility index (Phi) is 6.93. The Morgan fingerprint density at radius 1 is 1.50 bits per heavy atom. The van der Waals surface area contributed by atoms with Gasteiger partial charge in [-0.1, -0.05) is 39.5 Å². The fraction of sp³-hybridized carbons (Fsp3) is 0.929. The standard InChI is InChI=1S/C14H28N2S2/c1-6-17-9-7-11(2)15-13-16-12(8-10-18-13)14(3,4)5/h11-12H,6-10H2,1-5H3,(H,15,16). The van der Waals surface area contributed by atoms with Gasteiger partial charge in [0.05, 0.1) is 6.04 Å². The lowest BCUT2D eigenvalue weighted by molar-refractivity contribution is 0.315. The summed E-state index contributed by atoms with van der Waals surface area (Å²) in [7, 11) is 0. The number of thioether (sulfide) groups is 2. The maximum absolute atomic E-state index is 4.88. The maximum atomic E-state index is 4.88. The van der Waals surface area contributed by atoms with Crippen molar-refractivity contribution in [1.82, 2.24) is 5.32 Å². The molecule has 0 aromatic heterocycles. The van der Waals surface area contributed by atoms with Gasteiger partial charge in [0.15, 0.2) is 5.17 Å². The molecule has 0 fully saturated rings. The zero-order valence-corrected chi connectivity index (χ0v) is 14.1. The Bertz CT molecular complexity index is 271. The van der Waals surface area contributed by atoms with Crippen LogP contribution in [0, 0.1) is 5.41 Å². The lowest BCUT2D eigenvalue weighted by Gasteiger charge is -2.31. The fourth-order valence-electron chi connectivity index (χ4n) is 1.90. The third-order valence-corrected chi connectivity index (χ3v) is 5.04. The molecule has 0 aliphatic carbocycles. The van der Waals surface area contributed by atoms with Crippen molar-refractivity contribution in [3.63, 3.8) is 0 Å². The van der Waals surface area contributed by atoms with Crippen LogP contribution in [0.2, 0.25) is 0 Å². The summed E-state index contributed by atoms with van der Waals surface area (Å²) in [5.74, 6) is 3.66. The Balaban J connectivity index is 2.43.